The summed E-state index contributed by atoms with van der Waals surface area (Å²) in [6.07, 6.45) is 6.63. The first-order valence-corrected chi connectivity index (χ1v) is 16.1. The average molecular weight is 614 g/mol. The molecular formula is C35H49F2N3O4. The molecule has 3 aliphatic rings. The minimum atomic E-state index is -1.32. The van der Waals surface area contributed by atoms with Gasteiger partial charge in [-0.2, -0.15) is 0 Å². The van der Waals surface area contributed by atoms with Gasteiger partial charge >= 0.3 is 5.97 Å². The normalized spacial score (nSPS) is 20.8. The Morgan fingerprint density at radius 2 is 1.61 bits per heavy atom. The molecule has 242 valence electrons. The van der Waals surface area contributed by atoms with Crippen LogP contribution in [0.5, 0.6) is 5.75 Å². The maximum atomic E-state index is 15.4. The first-order chi connectivity index (χ1) is 20.6. The number of hydrogen-bond donors (Lipinski definition) is 1. The molecule has 0 unspecified atom stereocenters. The molecule has 3 fully saturated rings. The third-order valence-corrected chi connectivity index (χ3v) is 10.1. The number of pyridine rings is 1. The summed E-state index contributed by atoms with van der Waals surface area (Å²) in [5.74, 6) is -3.20. The zero-order valence-corrected chi connectivity index (χ0v) is 27.5. The molecule has 2 aromatic rings. The Hall–Kier alpha value is -2.78. The number of aryl methyl sites for hydroxylation is 1. The highest BCUT2D eigenvalue weighted by atomic mass is 19.1. The molecule has 3 heterocycles. The summed E-state index contributed by atoms with van der Waals surface area (Å²) in [5, 5.41) is 10.5. The number of nitrogens with zero attached hydrogens (tertiary/aromatic N) is 3. The van der Waals surface area contributed by atoms with Crippen LogP contribution in [-0.2, 0) is 16.1 Å². The number of methoxy groups -OCH3 is 1. The molecule has 0 radical (unpaired) electrons. The fourth-order valence-electron chi connectivity index (χ4n) is 7.22. The van der Waals surface area contributed by atoms with Crippen LogP contribution in [0.2, 0.25) is 0 Å². The van der Waals surface area contributed by atoms with E-state index in [4.69, 9.17) is 14.5 Å². The van der Waals surface area contributed by atoms with Crippen molar-refractivity contribution in [2.24, 2.45) is 10.8 Å². The van der Waals surface area contributed by atoms with Crippen molar-refractivity contribution in [3.8, 4) is 16.9 Å². The highest BCUT2D eigenvalue weighted by Crippen LogP contribution is 2.50. The van der Waals surface area contributed by atoms with Crippen molar-refractivity contribution in [2.75, 3.05) is 38.2 Å². The minimum absolute atomic E-state index is 0.124. The molecule has 1 spiro atoms. The van der Waals surface area contributed by atoms with Crippen LogP contribution in [0.1, 0.15) is 103 Å². The molecule has 1 aromatic carbocycles. The first-order valence-electron chi connectivity index (χ1n) is 16.1. The van der Waals surface area contributed by atoms with E-state index in [-0.39, 0.29) is 5.41 Å². The number of carboxylic acids is 1. The molecule has 1 N–H and O–H groups in total. The van der Waals surface area contributed by atoms with Crippen LogP contribution in [0.4, 0.5) is 14.5 Å². The summed E-state index contributed by atoms with van der Waals surface area (Å²) < 4.78 is 41.9. The van der Waals surface area contributed by atoms with Crippen LogP contribution in [0, 0.1) is 29.4 Å². The number of carbonyl (C=O) groups is 1. The number of halogens is 2. The predicted octanol–water partition coefficient (Wildman–Crippen LogP) is 7.68. The molecule has 5 rings (SSSR count). The van der Waals surface area contributed by atoms with Crippen molar-refractivity contribution in [1.29, 1.82) is 0 Å². The van der Waals surface area contributed by atoms with Gasteiger partial charge in [0.25, 0.3) is 0 Å². The highest BCUT2D eigenvalue weighted by molar-refractivity contribution is 5.88. The van der Waals surface area contributed by atoms with Crippen molar-refractivity contribution < 1.29 is 28.2 Å². The van der Waals surface area contributed by atoms with Crippen LogP contribution in [0.15, 0.2) is 12.1 Å². The third-order valence-electron chi connectivity index (χ3n) is 10.1. The van der Waals surface area contributed by atoms with Gasteiger partial charge in [-0.1, -0.05) is 20.3 Å². The van der Waals surface area contributed by atoms with Gasteiger partial charge in [-0.15, -0.1) is 0 Å². The van der Waals surface area contributed by atoms with E-state index >= 15 is 8.78 Å². The number of anilines is 1. The monoisotopic (exact) mass is 613 g/mol. The Morgan fingerprint density at radius 3 is 2.09 bits per heavy atom. The van der Waals surface area contributed by atoms with Crippen molar-refractivity contribution in [2.45, 2.75) is 105 Å². The number of likely N-dealkylation sites (tertiary alicyclic amines) is 1. The van der Waals surface area contributed by atoms with Crippen molar-refractivity contribution >= 4 is 11.7 Å². The lowest BCUT2D eigenvalue weighted by atomic mass is 9.63. The second-order valence-corrected chi connectivity index (χ2v) is 15.0. The summed E-state index contributed by atoms with van der Waals surface area (Å²) in [4.78, 5) is 22.5. The zero-order chi connectivity index (χ0) is 32.0. The molecule has 7 nitrogen and oxygen atoms in total. The number of carboxylic acid groups (broad SMARTS) is 1. The zero-order valence-electron chi connectivity index (χ0n) is 27.5. The minimum Gasteiger partial charge on any atom is -0.491 e. The van der Waals surface area contributed by atoms with Crippen molar-refractivity contribution in [3.63, 3.8) is 0 Å². The van der Waals surface area contributed by atoms with Crippen LogP contribution < -0.4 is 9.64 Å². The number of piperidine rings is 2. The van der Waals surface area contributed by atoms with Gasteiger partial charge in [0.15, 0.2) is 23.5 Å². The van der Waals surface area contributed by atoms with E-state index in [2.05, 4.69) is 23.6 Å². The van der Waals surface area contributed by atoms with Gasteiger partial charge in [0, 0.05) is 36.5 Å². The molecule has 44 heavy (non-hydrogen) atoms. The summed E-state index contributed by atoms with van der Waals surface area (Å²) in [5.41, 5.74) is 3.06. The average Bonchev–Trinajstić information content (AvgIpc) is 2.90. The van der Waals surface area contributed by atoms with Gasteiger partial charge in [0.05, 0.1) is 24.1 Å². The molecule has 1 saturated carbocycles. The number of ether oxygens (including phenoxy) is 2. The largest absolute Gasteiger partial charge is 0.491 e. The summed E-state index contributed by atoms with van der Waals surface area (Å²) in [6.45, 7) is 15.5. The van der Waals surface area contributed by atoms with E-state index in [1.807, 2.05) is 27.7 Å². The molecule has 0 amide bonds. The lowest BCUT2D eigenvalue weighted by Gasteiger charge is -2.48. The highest BCUT2D eigenvalue weighted by Gasteiger charge is 2.41. The van der Waals surface area contributed by atoms with E-state index in [0.29, 0.717) is 58.8 Å². The van der Waals surface area contributed by atoms with E-state index < -0.39 is 35.1 Å². The molecule has 1 aromatic heterocycles. The maximum Gasteiger partial charge on any atom is 0.337 e. The van der Waals surface area contributed by atoms with E-state index in [1.54, 1.807) is 0 Å². The Labute approximate surface area is 260 Å². The fraction of sp³-hybridized carbons (Fsp3) is 0.657. The second-order valence-electron chi connectivity index (χ2n) is 15.0. The first kappa shape index (κ1) is 32.6. The molecule has 2 saturated heterocycles. The molecule has 9 heteroatoms. The fourth-order valence-corrected chi connectivity index (χ4v) is 7.22. The molecule has 2 aliphatic heterocycles. The standard InChI is InChI=1S/C35H49F2N3O4/c1-22-27(31(32(41)42)44-33(2,3)4)29(40-17-11-34(5,6)12-18-40)28(23-19-24(36)30(43-7)25(37)20-23)26(38-22)21-39-15-13-35(14-16-39)9-8-10-35/h19-20,31H,8-18,21H2,1-7H3,(H,41,42)/t31-/m0/s1. The van der Waals surface area contributed by atoms with E-state index in [9.17, 15) is 9.90 Å². The maximum absolute atomic E-state index is 15.4. The number of aliphatic carboxylic acids is 1. The second kappa shape index (κ2) is 12.2. The van der Waals surface area contributed by atoms with Gasteiger partial charge in [-0.3, -0.25) is 9.88 Å². The van der Waals surface area contributed by atoms with Crippen LogP contribution in [-0.4, -0.2) is 59.8 Å². The quantitative estimate of drug-likeness (QED) is 0.327. The summed E-state index contributed by atoms with van der Waals surface area (Å²) >= 11 is 0. The smallest absolute Gasteiger partial charge is 0.337 e. The van der Waals surface area contributed by atoms with Gasteiger partial charge in [0.1, 0.15) is 0 Å². The lowest BCUT2D eigenvalue weighted by molar-refractivity contribution is -0.160. The number of rotatable bonds is 8. The Kier molecular flexibility index (Phi) is 9.04. The summed E-state index contributed by atoms with van der Waals surface area (Å²) in [6, 6.07) is 2.58. The topological polar surface area (TPSA) is 75.1 Å². The number of benzene rings is 1. The third kappa shape index (κ3) is 6.74. The number of aromatic nitrogens is 1. The molecule has 1 atom stereocenters. The van der Waals surface area contributed by atoms with Crippen LogP contribution >= 0.6 is 0 Å². The van der Waals surface area contributed by atoms with Gasteiger partial charge in [-0.25, -0.2) is 13.6 Å². The Bertz CT molecular complexity index is 1360. The van der Waals surface area contributed by atoms with Crippen LogP contribution in [0.3, 0.4) is 0 Å². The van der Waals surface area contributed by atoms with Crippen LogP contribution in [0.25, 0.3) is 11.1 Å². The van der Waals surface area contributed by atoms with E-state index in [0.717, 1.165) is 38.8 Å². The van der Waals surface area contributed by atoms with Crippen molar-refractivity contribution in [3.05, 3.63) is 40.7 Å². The lowest BCUT2D eigenvalue weighted by Crippen LogP contribution is -2.43. The predicted molar refractivity (Wildman–Crippen MR) is 168 cm³/mol. The van der Waals surface area contributed by atoms with Gasteiger partial charge < -0.3 is 19.5 Å². The molecule has 1 aliphatic carbocycles. The van der Waals surface area contributed by atoms with Gasteiger partial charge in [-0.05, 0) is 108 Å². The SMILES string of the molecule is COc1c(F)cc(-c2c(CN3CCC4(CCC4)CC3)nc(C)c([C@H](OC(C)(C)C)C(=O)O)c2N2CCC(C)(C)CC2)cc1F. The van der Waals surface area contributed by atoms with E-state index in [1.165, 1.54) is 38.5 Å². The summed E-state index contributed by atoms with van der Waals surface area (Å²) in [7, 11) is 1.24. The Morgan fingerprint density at radius 1 is 1.02 bits per heavy atom. The van der Waals surface area contributed by atoms with Gasteiger partial charge in [0.2, 0.25) is 0 Å². The van der Waals surface area contributed by atoms with Crippen molar-refractivity contribution in [1.82, 2.24) is 9.88 Å². The Balaban J connectivity index is 1.72. The molecular weight excluding hydrogens is 564 g/mol. The number of hydrogen-bond acceptors (Lipinski definition) is 6. The molecule has 0 bridgehead atoms.